The molecule has 4 atom stereocenters. The van der Waals surface area contributed by atoms with E-state index in [4.69, 9.17) is 18.9 Å². The molecule has 3 heterocycles. The van der Waals surface area contributed by atoms with E-state index in [2.05, 4.69) is 54.8 Å². The molecule has 1 unspecified atom stereocenters. The molecule has 0 amide bonds. The molecule has 6 heteroatoms. The minimum atomic E-state index is 0.387. The van der Waals surface area contributed by atoms with Gasteiger partial charge in [0.05, 0.1) is 28.4 Å². The summed E-state index contributed by atoms with van der Waals surface area (Å²) in [6, 6.07) is 10.3. The molecule has 0 radical (unpaired) electrons. The lowest BCUT2D eigenvalue weighted by molar-refractivity contribution is 0.0258. The Morgan fingerprint density at radius 1 is 0.763 bits per heavy atom. The van der Waals surface area contributed by atoms with Crippen LogP contribution in [-0.2, 0) is 12.8 Å². The molecular weight excluding hydrogens is 476 g/mol. The normalized spacial score (nSPS) is 25.4. The smallest absolute Gasteiger partial charge is 0.161 e. The van der Waals surface area contributed by atoms with Gasteiger partial charge in [0, 0.05) is 37.8 Å². The van der Waals surface area contributed by atoms with E-state index < -0.39 is 0 Å². The third-order valence-electron chi connectivity index (χ3n) is 9.53. The maximum Gasteiger partial charge on any atom is 0.161 e. The molecule has 3 aliphatic rings. The molecule has 0 aliphatic carbocycles. The lowest BCUT2D eigenvalue weighted by atomic mass is 9.72. The lowest BCUT2D eigenvalue weighted by Crippen LogP contribution is -2.47. The van der Waals surface area contributed by atoms with Crippen molar-refractivity contribution in [3.63, 3.8) is 0 Å². The molecule has 5 rings (SSSR count). The maximum atomic E-state index is 5.76. The summed E-state index contributed by atoms with van der Waals surface area (Å²) in [6.45, 7) is 10.5. The van der Waals surface area contributed by atoms with E-state index in [1.54, 1.807) is 28.4 Å². The number of piperidine rings is 1. The van der Waals surface area contributed by atoms with Gasteiger partial charge < -0.3 is 18.9 Å². The number of hydrogen-bond donors (Lipinski definition) is 0. The first-order chi connectivity index (χ1) is 18.4. The van der Waals surface area contributed by atoms with Gasteiger partial charge in [-0.15, -0.1) is 0 Å². The van der Waals surface area contributed by atoms with Gasteiger partial charge in [-0.2, -0.15) is 0 Å². The van der Waals surface area contributed by atoms with Gasteiger partial charge in [0.25, 0.3) is 0 Å². The molecule has 1 saturated heterocycles. The highest BCUT2D eigenvalue weighted by atomic mass is 16.5. The summed E-state index contributed by atoms with van der Waals surface area (Å²) < 4.78 is 22.8. The fraction of sp³-hybridized carbons (Fsp3) is 0.625. The first-order valence-electron chi connectivity index (χ1n) is 14.4. The molecule has 2 aromatic rings. The highest BCUT2D eigenvalue weighted by Crippen LogP contribution is 2.49. The third-order valence-corrected chi connectivity index (χ3v) is 9.53. The quantitative estimate of drug-likeness (QED) is 0.420. The standard InChI is InChI=1S/C32H46N2O4/c1-8-21-19-33-11-9-22-15-29(35-4)31(37-6)17-25(22)27(33)13-24(21)14-28-26-18-32(38-7)30(36-5)16-23(26)10-12-34(28)20(2)3/h15-18,20-21,24,27-28H,8-14,19H2,1-7H3/t21-,24+,27?,28+/m0/s1. The van der Waals surface area contributed by atoms with Crippen LogP contribution in [0.15, 0.2) is 24.3 Å². The van der Waals surface area contributed by atoms with Crippen molar-refractivity contribution < 1.29 is 18.9 Å². The van der Waals surface area contributed by atoms with Crippen LogP contribution in [0.4, 0.5) is 0 Å². The largest absolute Gasteiger partial charge is 0.493 e. The third kappa shape index (κ3) is 4.86. The van der Waals surface area contributed by atoms with E-state index in [1.807, 2.05) is 0 Å². The average Bonchev–Trinajstić information content (AvgIpc) is 2.94. The Bertz CT molecular complexity index is 1130. The molecule has 0 aromatic heterocycles. The molecule has 3 aliphatic heterocycles. The summed E-state index contributed by atoms with van der Waals surface area (Å²) in [5.41, 5.74) is 5.69. The SMILES string of the molecule is CC[C@H]1CN2CCc3cc(OC)c(OC)cc3C2C[C@@H]1C[C@@H]1c2cc(OC)c(OC)cc2CCN1C(C)C. The molecular formula is C32H46N2O4. The van der Waals surface area contributed by atoms with Crippen LogP contribution in [0.25, 0.3) is 0 Å². The first-order valence-corrected chi connectivity index (χ1v) is 14.4. The molecule has 0 N–H and O–H groups in total. The van der Waals surface area contributed by atoms with Crippen LogP contribution in [0.5, 0.6) is 23.0 Å². The first kappa shape index (κ1) is 27.1. The Balaban J connectivity index is 1.49. The zero-order chi connectivity index (χ0) is 27.0. The molecule has 38 heavy (non-hydrogen) atoms. The number of ether oxygens (including phenoxy) is 4. The Kier molecular flexibility index (Phi) is 8.11. The minimum absolute atomic E-state index is 0.387. The van der Waals surface area contributed by atoms with Crippen molar-refractivity contribution in [1.29, 1.82) is 0 Å². The van der Waals surface area contributed by atoms with Crippen molar-refractivity contribution >= 4 is 0 Å². The van der Waals surface area contributed by atoms with Crippen LogP contribution in [0, 0.1) is 11.8 Å². The number of rotatable bonds is 8. The molecule has 6 nitrogen and oxygen atoms in total. The molecule has 0 spiro atoms. The van der Waals surface area contributed by atoms with Crippen molar-refractivity contribution in [3.05, 3.63) is 46.5 Å². The second-order valence-electron chi connectivity index (χ2n) is 11.6. The van der Waals surface area contributed by atoms with Crippen molar-refractivity contribution in [2.45, 2.75) is 71.0 Å². The van der Waals surface area contributed by atoms with Gasteiger partial charge >= 0.3 is 0 Å². The van der Waals surface area contributed by atoms with E-state index in [1.165, 1.54) is 48.1 Å². The van der Waals surface area contributed by atoms with Crippen LogP contribution < -0.4 is 18.9 Å². The monoisotopic (exact) mass is 522 g/mol. The zero-order valence-corrected chi connectivity index (χ0v) is 24.4. The summed E-state index contributed by atoms with van der Waals surface area (Å²) in [5, 5.41) is 0. The number of methoxy groups -OCH3 is 4. The summed E-state index contributed by atoms with van der Waals surface area (Å²) >= 11 is 0. The molecule has 208 valence electrons. The summed E-state index contributed by atoms with van der Waals surface area (Å²) in [4.78, 5) is 5.46. The van der Waals surface area contributed by atoms with E-state index in [0.29, 0.717) is 30.0 Å². The van der Waals surface area contributed by atoms with E-state index >= 15 is 0 Å². The van der Waals surface area contributed by atoms with E-state index in [9.17, 15) is 0 Å². The van der Waals surface area contributed by atoms with Gasteiger partial charge in [-0.3, -0.25) is 9.80 Å². The van der Waals surface area contributed by atoms with E-state index in [0.717, 1.165) is 48.9 Å². The predicted octanol–water partition coefficient (Wildman–Crippen LogP) is 6.06. The van der Waals surface area contributed by atoms with Crippen LogP contribution in [-0.4, -0.2) is 63.9 Å². The number of fused-ring (bicyclic) bond motifs is 4. The van der Waals surface area contributed by atoms with Crippen LogP contribution in [0.2, 0.25) is 0 Å². The van der Waals surface area contributed by atoms with Crippen molar-refractivity contribution in [3.8, 4) is 23.0 Å². The maximum absolute atomic E-state index is 5.76. The zero-order valence-electron chi connectivity index (χ0n) is 24.4. The minimum Gasteiger partial charge on any atom is -0.493 e. The number of benzene rings is 2. The summed E-state index contributed by atoms with van der Waals surface area (Å²) in [7, 11) is 6.95. The fourth-order valence-corrected chi connectivity index (χ4v) is 7.47. The molecule has 0 bridgehead atoms. The van der Waals surface area contributed by atoms with Gasteiger partial charge in [-0.1, -0.05) is 13.3 Å². The van der Waals surface area contributed by atoms with Gasteiger partial charge in [0.2, 0.25) is 0 Å². The second kappa shape index (κ2) is 11.4. The van der Waals surface area contributed by atoms with Crippen molar-refractivity contribution in [2.75, 3.05) is 48.1 Å². The Morgan fingerprint density at radius 2 is 1.32 bits per heavy atom. The van der Waals surface area contributed by atoms with Gasteiger partial charge in [0.15, 0.2) is 23.0 Å². The molecule has 1 fully saturated rings. The summed E-state index contributed by atoms with van der Waals surface area (Å²) in [6.07, 6.45) is 5.71. The predicted molar refractivity (Wildman–Crippen MR) is 152 cm³/mol. The van der Waals surface area contributed by atoms with E-state index in [-0.39, 0.29) is 0 Å². The highest BCUT2D eigenvalue weighted by Gasteiger charge is 2.41. The highest BCUT2D eigenvalue weighted by molar-refractivity contribution is 5.51. The summed E-state index contributed by atoms with van der Waals surface area (Å²) in [5.74, 6) is 4.71. The molecule has 0 saturated carbocycles. The van der Waals surface area contributed by atoms with Crippen LogP contribution in [0.3, 0.4) is 0 Å². The topological polar surface area (TPSA) is 43.4 Å². The molecule has 2 aromatic carbocycles. The van der Waals surface area contributed by atoms with Crippen LogP contribution >= 0.6 is 0 Å². The van der Waals surface area contributed by atoms with Gasteiger partial charge in [-0.25, -0.2) is 0 Å². The Hall–Kier alpha value is -2.44. The average molecular weight is 523 g/mol. The number of hydrogen-bond acceptors (Lipinski definition) is 6. The Labute approximate surface area is 229 Å². The lowest BCUT2D eigenvalue weighted by Gasteiger charge is -2.49. The van der Waals surface area contributed by atoms with Crippen molar-refractivity contribution in [2.24, 2.45) is 11.8 Å². The van der Waals surface area contributed by atoms with Gasteiger partial charge in [-0.05, 0) is 97.9 Å². The Morgan fingerprint density at radius 3 is 1.89 bits per heavy atom. The van der Waals surface area contributed by atoms with Crippen molar-refractivity contribution in [1.82, 2.24) is 9.80 Å². The number of nitrogens with zero attached hydrogens (tertiary/aromatic N) is 2. The van der Waals surface area contributed by atoms with Gasteiger partial charge in [0.1, 0.15) is 0 Å². The fourth-order valence-electron chi connectivity index (χ4n) is 7.47. The second-order valence-corrected chi connectivity index (χ2v) is 11.6. The van der Waals surface area contributed by atoms with Crippen LogP contribution in [0.1, 0.15) is 74.4 Å².